The van der Waals surface area contributed by atoms with Gasteiger partial charge in [0, 0.05) is 29.0 Å². The Morgan fingerprint density at radius 3 is 2.52 bits per heavy atom. The summed E-state index contributed by atoms with van der Waals surface area (Å²) in [5.74, 6) is 0.291. The molecule has 6 nitrogen and oxygen atoms in total. The molecule has 0 aliphatic heterocycles. The molecule has 0 fully saturated rings. The van der Waals surface area contributed by atoms with E-state index in [-0.39, 0.29) is 0 Å². The molecular formula is C19H21N3O3. The highest BCUT2D eigenvalue weighted by molar-refractivity contribution is 6.07. The van der Waals surface area contributed by atoms with Crippen LogP contribution in [-0.2, 0) is 4.74 Å². The van der Waals surface area contributed by atoms with Crippen molar-refractivity contribution in [3.05, 3.63) is 48.4 Å². The largest absolute Gasteiger partial charge is 0.497 e. The van der Waals surface area contributed by atoms with E-state index in [4.69, 9.17) is 9.47 Å². The summed E-state index contributed by atoms with van der Waals surface area (Å²) in [7, 11) is 1.61. The first-order valence-corrected chi connectivity index (χ1v) is 7.97. The van der Waals surface area contributed by atoms with Crippen LogP contribution >= 0.6 is 0 Å². The summed E-state index contributed by atoms with van der Waals surface area (Å²) in [6, 6.07) is 9.26. The van der Waals surface area contributed by atoms with Gasteiger partial charge in [-0.25, -0.2) is 4.79 Å². The van der Waals surface area contributed by atoms with Crippen molar-refractivity contribution in [3.8, 4) is 5.75 Å². The molecule has 1 aromatic carbocycles. The molecule has 0 bridgehead atoms. The summed E-state index contributed by atoms with van der Waals surface area (Å²) in [4.78, 5) is 19.8. The number of H-pyrrole nitrogens is 1. The van der Waals surface area contributed by atoms with Crippen LogP contribution in [0.15, 0.2) is 42.7 Å². The lowest BCUT2D eigenvalue weighted by Crippen LogP contribution is -2.24. The molecule has 0 atom stereocenters. The van der Waals surface area contributed by atoms with Crippen LogP contribution in [0.3, 0.4) is 0 Å². The number of rotatable bonds is 4. The second-order valence-electron chi connectivity index (χ2n) is 6.65. The summed E-state index contributed by atoms with van der Waals surface area (Å²) in [5.41, 5.74) is 2.08. The van der Waals surface area contributed by atoms with Crippen LogP contribution in [0.5, 0.6) is 5.75 Å². The molecule has 0 amide bonds. The molecule has 2 heterocycles. The average molecular weight is 339 g/mol. The van der Waals surface area contributed by atoms with Gasteiger partial charge < -0.3 is 19.8 Å². The third kappa shape index (κ3) is 3.74. The number of nitrogens with zero attached hydrogens (tertiary/aromatic N) is 1. The minimum atomic E-state index is -0.583. The van der Waals surface area contributed by atoms with E-state index in [2.05, 4.69) is 15.3 Å². The van der Waals surface area contributed by atoms with Crippen molar-refractivity contribution >= 4 is 28.2 Å². The highest BCUT2D eigenvalue weighted by atomic mass is 16.6. The van der Waals surface area contributed by atoms with Crippen LogP contribution in [0.4, 0.5) is 11.4 Å². The van der Waals surface area contributed by atoms with Gasteiger partial charge in [-0.1, -0.05) is 0 Å². The summed E-state index contributed by atoms with van der Waals surface area (Å²) in [5, 5.41) is 4.13. The van der Waals surface area contributed by atoms with E-state index in [1.54, 1.807) is 19.5 Å². The highest BCUT2D eigenvalue weighted by Crippen LogP contribution is 2.34. The van der Waals surface area contributed by atoms with Gasteiger partial charge in [0.15, 0.2) is 0 Å². The third-order valence-electron chi connectivity index (χ3n) is 3.56. The highest BCUT2D eigenvalue weighted by Gasteiger charge is 2.24. The van der Waals surface area contributed by atoms with Gasteiger partial charge in [-0.15, -0.1) is 0 Å². The number of ether oxygens (including phenoxy) is 2. The minimum Gasteiger partial charge on any atom is -0.497 e. The molecule has 3 rings (SSSR count). The van der Waals surface area contributed by atoms with Crippen molar-refractivity contribution in [1.82, 2.24) is 9.97 Å². The van der Waals surface area contributed by atoms with E-state index in [1.807, 2.05) is 51.1 Å². The van der Waals surface area contributed by atoms with E-state index >= 15 is 0 Å². The van der Waals surface area contributed by atoms with Crippen molar-refractivity contribution < 1.29 is 14.3 Å². The number of anilines is 2. The van der Waals surface area contributed by atoms with Crippen LogP contribution in [-0.4, -0.2) is 28.6 Å². The van der Waals surface area contributed by atoms with Gasteiger partial charge in [-0.2, -0.15) is 0 Å². The Kier molecular flexibility index (Phi) is 4.35. The molecule has 2 aromatic heterocycles. The first-order valence-electron chi connectivity index (χ1n) is 7.97. The monoisotopic (exact) mass is 339 g/mol. The maximum Gasteiger partial charge on any atom is 0.357 e. The van der Waals surface area contributed by atoms with E-state index in [0.717, 1.165) is 16.6 Å². The van der Waals surface area contributed by atoms with Crippen molar-refractivity contribution in [2.75, 3.05) is 12.4 Å². The number of methoxy groups -OCH3 is 1. The molecule has 0 saturated carbocycles. The predicted molar refractivity (Wildman–Crippen MR) is 97.5 cm³/mol. The maximum atomic E-state index is 12.7. The quantitative estimate of drug-likeness (QED) is 0.694. The molecule has 3 aromatic rings. The summed E-state index contributed by atoms with van der Waals surface area (Å²) in [6.45, 7) is 5.52. The number of hydrogen-bond acceptors (Lipinski definition) is 5. The SMILES string of the molecule is COc1ccc2[nH]c(C(=O)OC(C)(C)C)c(Nc3ccncc3)c2c1. The fourth-order valence-electron chi connectivity index (χ4n) is 2.49. The number of aromatic amines is 1. The van der Waals surface area contributed by atoms with Crippen molar-refractivity contribution in [1.29, 1.82) is 0 Å². The van der Waals surface area contributed by atoms with Crippen LogP contribution in [0.2, 0.25) is 0 Å². The van der Waals surface area contributed by atoms with Gasteiger partial charge in [0.1, 0.15) is 17.0 Å². The zero-order valence-corrected chi connectivity index (χ0v) is 14.7. The number of benzene rings is 1. The molecule has 0 aliphatic carbocycles. The number of pyridine rings is 1. The number of hydrogen-bond donors (Lipinski definition) is 2. The molecular weight excluding hydrogens is 318 g/mol. The molecule has 2 N–H and O–H groups in total. The Hall–Kier alpha value is -3.02. The van der Waals surface area contributed by atoms with Crippen LogP contribution in [0.1, 0.15) is 31.3 Å². The second-order valence-corrected chi connectivity index (χ2v) is 6.65. The van der Waals surface area contributed by atoms with E-state index in [9.17, 15) is 4.79 Å². The second kappa shape index (κ2) is 6.47. The Balaban J connectivity index is 2.11. The molecule has 0 radical (unpaired) electrons. The molecule has 0 saturated heterocycles. The van der Waals surface area contributed by atoms with Crippen molar-refractivity contribution in [2.45, 2.75) is 26.4 Å². The molecule has 130 valence electrons. The molecule has 6 heteroatoms. The molecule has 0 aliphatic rings. The van der Waals surface area contributed by atoms with E-state index < -0.39 is 11.6 Å². The zero-order valence-electron chi connectivity index (χ0n) is 14.7. The minimum absolute atomic E-state index is 0.370. The molecule has 0 unspecified atom stereocenters. The van der Waals surface area contributed by atoms with Gasteiger partial charge in [0.2, 0.25) is 0 Å². The van der Waals surface area contributed by atoms with E-state index in [1.165, 1.54) is 0 Å². The van der Waals surface area contributed by atoms with Crippen LogP contribution in [0, 0.1) is 0 Å². The zero-order chi connectivity index (χ0) is 18.0. The first-order chi connectivity index (χ1) is 11.9. The maximum absolute atomic E-state index is 12.7. The number of carbonyl (C=O) groups is 1. The van der Waals surface area contributed by atoms with Gasteiger partial charge >= 0.3 is 5.97 Å². The third-order valence-corrected chi connectivity index (χ3v) is 3.56. The molecule has 25 heavy (non-hydrogen) atoms. The number of nitrogens with one attached hydrogen (secondary N) is 2. The Bertz CT molecular complexity index is 895. The van der Waals surface area contributed by atoms with Crippen LogP contribution < -0.4 is 10.1 Å². The number of fused-ring (bicyclic) bond motifs is 1. The van der Waals surface area contributed by atoms with Crippen LogP contribution in [0.25, 0.3) is 10.9 Å². The average Bonchev–Trinajstić information content (AvgIpc) is 2.92. The molecule has 0 spiro atoms. The van der Waals surface area contributed by atoms with Gasteiger partial charge in [-0.3, -0.25) is 4.98 Å². The first kappa shape index (κ1) is 16.8. The number of carbonyl (C=O) groups excluding carboxylic acids is 1. The Labute approximate surface area is 146 Å². The standard InChI is InChI=1S/C19H21N3O3/c1-19(2,3)25-18(23)17-16(21-12-7-9-20-10-8-12)14-11-13(24-4)5-6-15(14)22-17/h5-11,22H,1-4H3,(H,20,21). The smallest absolute Gasteiger partial charge is 0.357 e. The van der Waals surface area contributed by atoms with Gasteiger partial charge in [-0.05, 0) is 51.1 Å². The predicted octanol–water partition coefficient (Wildman–Crippen LogP) is 4.27. The number of esters is 1. The fraction of sp³-hybridized carbons (Fsp3) is 0.263. The lowest BCUT2D eigenvalue weighted by molar-refractivity contribution is 0.00651. The van der Waals surface area contributed by atoms with Gasteiger partial charge in [0.25, 0.3) is 0 Å². The summed E-state index contributed by atoms with van der Waals surface area (Å²) < 4.78 is 10.8. The Morgan fingerprint density at radius 1 is 1.16 bits per heavy atom. The number of aromatic nitrogens is 2. The van der Waals surface area contributed by atoms with E-state index in [0.29, 0.717) is 17.1 Å². The Morgan fingerprint density at radius 2 is 1.88 bits per heavy atom. The van der Waals surface area contributed by atoms with Gasteiger partial charge in [0.05, 0.1) is 12.8 Å². The topological polar surface area (TPSA) is 76.2 Å². The van der Waals surface area contributed by atoms with Crippen molar-refractivity contribution in [2.24, 2.45) is 0 Å². The fourth-order valence-corrected chi connectivity index (χ4v) is 2.49. The lowest BCUT2D eigenvalue weighted by atomic mass is 10.2. The van der Waals surface area contributed by atoms with Crippen molar-refractivity contribution in [3.63, 3.8) is 0 Å². The normalized spacial score (nSPS) is 11.4. The lowest BCUT2D eigenvalue weighted by Gasteiger charge is -2.19. The summed E-state index contributed by atoms with van der Waals surface area (Å²) in [6.07, 6.45) is 3.37. The summed E-state index contributed by atoms with van der Waals surface area (Å²) >= 11 is 0.